The van der Waals surface area contributed by atoms with Crippen molar-refractivity contribution in [2.75, 3.05) is 95.8 Å². The van der Waals surface area contributed by atoms with E-state index in [0.717, 1.165) is 85.5 Å². The molecule has 0 bridgehead atoms. The van der Waals surface area contributed by atoms with Crippen LogP contribution in [0.15, 0.2) is 79.1 Å². The van der Waals surface area contributed by atoms with Gasteiger partial charge in [-0.2, -0.15) is 36.3 Å². The quantitative estimate of drug-likeness (QED) is 0.0953. The lowest BCUT2D eigenvalue weighted by atomic mass is 10.1. The molecule has 2 aromatic carbocycles. The number of ether oxygens (including phenoxy) is 1. The van der Waals surface area contributed by atoms with E-state index in [1.165, 1.54) is 37.0 Å². The molecule has 8 heterocycles. The number of carboxylic acid groups (broad SMARTS) is 1. The average Bonchev–Trinajstić information content (AvgIpc) is 4.24. The van der Waals surface area contributed by atoms with Gasteiger partial charge in [0.1, 0.15) is 29.1 Å². The number of benzene rings is 2. The van der Waals surface area contributed by atoms with Gasteiger partial charge in [0, 0.05) is 100 Å². The summed E-state index contributed by atoms with van der Waals surface area (Å²) in [7, 11) is 0. The van der Waals surface area contributed by atoms with Gasteiger partial charge in [0.2, 0.25) is 11.9 Å². The number of carboxylic acids is 1. The summed E-state index contributed by atoms with van der Waals surface area (Å²) >= 11 is 0. The van der Waals surface area contributed by atoms with E-state index in [1.807, 2.05) is 29.2 Å². The Hall–Kier alpha value is -7.40. The first kappa shape index (κ1) is 52.1. The molecule has 0 atom stereocenters. The molecule has 0 unspecified atom stereocenters. The molecule has 4 aliphatic heterocycles. The van der Waals surface area contributed by atoms with Gasteiger partial charge in [0.15, 0.2) is 0 Å². The summed E-state index contributed by atoms with van der Waals surface area (Å²) in [6.45, 7) is 5.15. The lowest BCUT2D eigenvalue weighted by Crippen LogP contribution is -2.37. The molecule has 3 fully saturated rings. The summed E-state index contributed by atoms with van der Waals surface area (Å²) < 4.78 is 102. The van der Waals surface area contributed by atoms with Crippen LogP contribution in [0.5, 0.6) is 0 Å². The van der Waals surface area contributed by atoms with Crippen LogP contribution in [-0.4, -0.2) is 112 Å². The van der Waals surface area contributed by atoms with Gasteiger partial charge in [-0.05, 0) is 105 Å². The number of anilines is 8. The fraction of sp³-hybridized carbons (Fsp3) is 0.415. The number of aliphatic hydroxyl groups is 1. The molecule has 2 saturated heterocycles. The smallest absolute Gasteiger partial charge is 0.419 e. The second-order valence-corrected chi connectivity index (χ2v) is 19.3. The van der Waals surface area contributed by atoms with Crippen molar-refractivity contribution in [2.45, 2.75) is 75.7 Å². The van der Waals surface area contributed by atoms with Gasteiger partial charge >= 0.3 is 18.3 Å². The van der Waals surface area contributed by atoms with Crippen LogP contribution in [0.1, 0.15) is 81.7 Å². The molecule has 16 nitrogen and oxygen atoms in total. The Bertz CT molecular complexity index is 3060. The molecule has 0 radical (unpaired) electrons. The number of halogens is 7. The Labute approximate surface area is 433 Å². The molecule has 400 valence electrons. The molecule has 6 aromatic rings. The highest BCUT2D eigenvalue weighted by Crippen LogP contribution is 2.46. The number of pyridine rings is 2. The van der Waals surface area contributed by atoms with Crippen molar-refractivity contribution < 1.29 is 50.5 Å². The van der Waals surface area contributed by atoms with Crippen LogP contribution in [0.4, 0.5) is 77.3 Å². The third-order valence-corrected chi connectivity index (χ3v) is 14.2. The number of aromatic nitrogens is 6. The van der Waals surface area contributed by atoms with Crippen LogP contribution in [0.3, 0.4) is 0 Å². The van der Waals surface area contributed by atoms with Gasteiger partial charge in [-0.15, -0.1) is 0 Å². The van der Waals surface area contributed by atoms with E-state index in [9.17, 15) is 40.6 Å². The van der Waals surface area contributed by atoms with E-state index >= 15 is 0 Å². The first-order valence-corrected chi connectivity index (χ1v) is 25.3. The molecule has 1 saturated carbocycles. The molecular formula is C53H55F7N12O4. The van der Waals surface area contributed by atoms with Gasteiger partial charge in [0.25, 0.3) is 0 Å². The highest BCUT2D eigenvalue weighted by Gasteiger charge is 2.42. The standard InChI is InChI=1S/C28H31F3N6O.C25H24F4N6O3/c29-28(30,31)22-5-4-14-32-25(22)36-17-10-21-23(11-18-36)34-26(37-15-2-1-3-16-37)35-24(21)33-20-8-6-19(7-9-20)27(38)12-13-27;26-19-14-15(3-4-16(19)23(36)37)31-21-17-5-8-34(22-18(25(27,28)29)2-1-7-30-22)9-6-20(17)32-24(33-21)35-10-12-38-13-11-35/h4-9,14,38H,1-3,10-13,15-18H2,(H,33,34,35);1-4,7,14H,5-6,8-13H2,(H,36,37)(H,31,32,33). The number of morpholine rings is 1. The van der Waals surface area contributed by atoms with E-state index in [2.05, 4.69) is 30.5 Å². The van der Waals surface area contributed by atoms with Gasteiger partial charge in [-0.1, -0.05) is 12.1 Å². The van der Waals surface area contributed by atoms with Gasteiger partial charge < -0.3 is 45.2 Å². The van der Waals surface area contributed by atoms with Crippen molar-refractivity contribution in [1.29, 1.82) is 0 Å². The molecular weight excluding hydrogens is 1000 g/mol. The number of alkyl halides is 6. The minimum Gasteiger partial charge on any atom is -0.478 e. The number of aromatic carboxylic acids is 1. The predicted molar refractivity (Wildman–Crippen MR) is 270 cm³/mol. The maximum atomic E-state index is 14.4. The summed E-state index contributed by atoms with van der Waals surface area (Å²) in [5.41, 5.74) is 2.48. The molecule has 4 aromatic heterocycles. The number of fused-ring (bicyclic) bond motifs is 2. The van der Waals surface area contributed by atoms with E-state index in [-0.39, 0.29) is 30.4 Å². The zero-order valence-corrected chi connectivity index (χ0v) is 41.3. The third-order valence-electron chi connectivity index (χ3n) is 14.2. The average molecular weight is 1060 g/mol. The monoisotopic (exact) mass is 1060 g/mol. The molecule has 0 spiro atoms. The highest BCUT2D eigenvalue weighted by atomic mass is 19.4. The van der Waals surface area contributed by atoms with Crippen LogP contribution in [-0.2, 0) is 48.4 Å². The molecule has 4 N–H and O–H groups in total. The lowest BCUT2D eigenvalue weighted by molar-refractivity contribution is -0.138. The second kappa shape index (κ2) is 21.7. The molecule has 1 aliphatic carbocycles. The van der Waals surface area contributed by atoms with Gasteiger partial charge in [0.05, 0.1) is 46.9 Å². The number of rotatable bonds is 10. The largest absolute Gasteiger partial charge is 0.478 e. The topological polar surface area (TPSA) is 181 Å². The first-order valence-electron chi connectivity index (χ1n) is 25.3. The van der Waals surface area contributed by atoms with Crippen LogP contribution in [0, 0.1) is 5.82 Å². The molecule has 5 aliphatic rings. The van der Waals surface area contributed by atoms with E-state index in [1.54, 1.807) is 9.80 Å². The van der Waals surface area contributed by atoms with Gasteiger partial charge in [-0.3, -0.25) is 0 Å². The summed E-state index contributed by atoms with van der Waals surface area (Å²) in [5.74, 6) is -0.304. The summed E-state index contributed by atoms with van der Waals surface area (Å²) in [6, 6.07) is 16.1. The Morgan fingerprint density at radius 2 is 1.08 bits per heavy atom. The Morgan fingerprint density at radius 3 is 1.57 bits per heavy atom. The van der Waals surface area contributed by atoms with Crippen LogP contribution < -0.4 is 30.2 Å². The van der Waals surface area contributed by atoms with Crippen molar-refractivity contribution in [2.24, 2.45) is 0 Å². The van der Waals surface area contributed by atoms with Crippen LogP contribution in [0.2, 0.25) is 0 Å². The molecule has 11 rings (SSSR count). The number of nitrogens with zero attached hydrogens (tertiary/aromatic N) is 10. The SMILES string of the molecule is O=C(O)c1ccc(Nc2nc(N3CCOCC3)nc3c2CCN(c2ncccc2C(F)(F)F)CC3)cc1F.OC1(c2ccc(Nc3nc(N4CCCCC4)nc4c3CCN(c3ncccc3C(F)(F)F)CC4)cc2)CC1. The Morgan fingerprint density at radius 1 is 0.592 bits per heavy atom. The number of hydrogen-bond acceptors (Lipinski definition) is 15. The van der Waals surface area contributed by atoms with Crippen molar-refractivity contribution in [3.05, 3.63) is 130 Å². The minimum atomic E-state index is -4.55. The van der Waals surface area contributed by atoms with Crippen LogP contribution >= 0.6 is 0 Å². The third kappa shape index (κ3) is 11.7. The zero-order valence-electron chi connectivity index (χ0n) is 41.3. The molecule has 76 heavy (non-hydrogen) atoms. The second-order valence-electron chi connectivity index (χ2n) is 19.3. The number of nitrogens with one attached hydrogen (secondary N) is 2. The van der Waals surface area contributed by atoms with E-state index in [4.69, 9.17) is 24.8 Å². The highest BCUT2D eigenvalue weighted by molar-refractivity contribution is 5.88. The summed E-state index contributed by atoms with van der Waals surface area (Å²) in [6.07, 6.45) is 0.261. The number of carbonyl (C=O) groups is 1. The van der Waals surface area contributed by atoms with Crippen molar-refractivity contribution >= 4 is 52.5 Å². The van der Waals surface area contributed by atoms with Crippen molar-refractivity contribution in [3.63, 3.8) is 0 Å². The zero-order chi connectivity index (χ0) is 53.2. The minimum absolute atomic E-state index is 0.0416. The number of piperidine rings is 1. The maximum absolute atomic E-state index is 14.4. The number of hydrogen-bond donors (Lipinski definition) is 4. The summed E-state index contributed by atoms with van der Waals surface area (Å²) in [5, 5.41) is 26.1. The first-order chi connectivity index (χ1) is 36.5. The predicted octanol–water partition coefficient (Wildman–Crippen LogP) is 9.12. The maximum Gasteiger partial charge on any atom is 0.419 e. The van der Waals surface area contributed by atoms with E-state index in [0.29, 0.717) is 99.9 Å². The fourth-order valence-electron chi connectivity index (χ4n) is 9.99. The summed E-state index contributed by atoms with van der Waals surface area (Å²) in [4.78, 5) is 46.1. The molecule has 23 heteroatoms. The normalized spacial score (nSPS) is 17.6. The fourth-order valence-corrected chi connectivity index (χ4v) is 9.99. The van der Waals surface area contributed by atoms with Crippen LogP contribution in [0.25, 0.3) is 0 Å². The Balaban J connectivity index is 0.000000173. The van der Waals surface area contributed by atoms with Gasteiger partial charge in [-0.25, -0.2) is 29.1 Å². The van der Waals surface area contributed by atoms with Crippen molar-refractivity contribution in [3.8, 4) is 0 Å². The van der Waals surface area contributed by atoms with Crippen molar-refractivity contribution in [1.82, 2.24) is 29.9 Å². The van der Waals surface area contributed by atoms with E-state index < -0.39 is 46.4 Å². The Kier molecular flexibility index (Phi) is 14.9. The lowest BCUT2D eigenvalue weighted by Gasteiger charge is -2.28. The molecule has 0 amide bonds.